The molecule has 0 aliphatic heterocycles. The van der Waals surface area contributed by atoms with Crippen molar-refractivity contribution in [3.63, 3.8) is 0 Å². The van der Waals surface area contributed by atoms with Crippen LogP contribution in [0.25, 0.3) is 5.57 Å². The Hall–Kier alpha value is -0.690. The predicted molar refractivity (Wildman–Crippen MR) is 72.1 cm³/mol. The van der Waals surface area contributed by atoms with Crippen LogP contribution in [-0.2, 0) is 0 Å². The summed E-state index contributed by atoms with van der Waals surface area (Å²) in [6.45, 7) is 2.25. The Bertz CT molecular complexity index is 287. The molecule has 0 fully saturated rings. The summed E-state index contributed by atoms with van der Waals surface area (Å²) >= 11 is 1.80. The summed E-state index contributed by atoms with van der Waals surface area (Å²) in [5, 5.41) is 2.28. The predicted octanol–water partition coefficient (Wildman–Crippen LogP) is 4.97. The number of rotatable bonds is 6. The van der Waals surface area contributed by atoms with Crippen LogP contribution in [0, 0.1) is 0 Å². The first kappa shape index (κ1) is 12.4. The molecule has 1 aromatic carbocycles. The molecule has 0 unspecified atom stereocenters. The SMILES string of the molecule is CCCCC/C(=C/SC)c1ccccc1. The lowest BCUT2D eigenvalue weighted by molar-refractivity contribution is 0.735. The fourth-order valence-electron chi connectivity index (χ4n) is 1.63. The fourth-order valence-corrected chi connectivity index (χ4v) is 2.17. The minimum Gasteiger partial charge on any atom is -0.137 e. The highest BCUT2D eigenvalue weighted by Gasteiger charge is 1.99. The van der Waals surface area contributed by atoms with E-state index in [1.165, 1.54) is 36.8 Å². The Morgan fingerprint density at radius 2 is 1.93 bits per heavy atom. The molecule has 1 aromatic rings. The maximum absolute atomic E-state index is 2.28. The van der Waals surface area contributed by atoms with E-state index in [0.717, 1.165) is 0 Å². The molecule has 0 saturated heterocycles. The molecular weight excluding hydrogens is 200 g/mol. The highest BCUT2D eigenvalue weighted by Crippen LogP contribution is 2.23. The number of hydrogen-bond donors (Lipinski definition) is 0. The Balaban J connectivity index is 2.63. The van der Waals surface area contributed by atoms with Gasteiger partial charge in [-0.3, -0.25) is 0 Å². The second-order valence-corrected chi connectivity index (χ2v) is 4.41. The molecule has 0 amide bonds. The summed E-state index contributed by atoms with van der Waals surface area (Å²) in [4.78, 5) is 0. The maximum Gasteiger partial charge on any atom is -0.0142 e. The van der Waals surface area contributed by atoms with Crippen molar-refractivity contribution in [2.75, 3.05) is 6.26 Å². The molecule has 0 bridgehead atoms. The van der Waals surface area contributed by atoms with Gasteiger partial charge in [0, 0.05) is 0 Å². The summed E-state index contributed by atoms with van der Waals surface area (Å²) in [7, 11) is 0. The van der Waals surface area contributed by atoms with Gasteiger partial charge in [-0.05, 0) is 35.6 Å². The Labute approximate surface area is 97.8 Å². The van der Waals surface area contributed by atoms with E-state index in [4.69, 9.17) is 0 Å². The van der Waals surface area contributed by atoms with Gasteiger partial charge in [0.1, 0.15) is 0 Å². The zero-order valence-electron chi connectivity index (χ0n) is 9.70. The van der Waals surface area contributed by atoms with E-state index in [2.05, 4.69) is 48.9 Å². The van der Waals surface area contributed by atoms with E-state index in [1.807, 2.05) is 0 Å². The molecular formula is C14H20S. The molecule has 0 aromatic heterocycles. The maximum atomic E-state index is 2.28. The molecule has 0 radical (unpaired) electrons. The Morgan fingerprint density at radius 3 is 2.53 bits per heavy atom. The first-order valence-corrected chi connectivity index (χ1v) is 6.94. The van der Waals surface area contributed by atoms with Crippen LogP contribution < -0.4 is 0 Å². The van der Waals surface area contributed by atoms with Crippen LogP contribution in [0.3, 0.4) is 0 Å². The summed E-state index contributed by atoms with van der Waals surface area (Å²) in [5.74, 6) is 0. The van der Waals surface area contributed by atoms with E-state index in [9.17, 15) is 0 Å². The zero-order chi connectivity index (χ0) is 10.9. The van der Waals surface area contributed by atoms with Crippen LogP contribution in [0.1, 0.15) is 38.2 Å². The van der Waals surface area contributed by atoms with Gasteiger partial charge >= 0.3 is 0 Å². The largest absolute Gasteiger partial charge is 0.137 e. The van der Waals surface area contributed by atoms with Crippen molar-refractivity contribution >= 4 is 17.3 Å². The second-order valence-electron chi connectivity index (χ2n) is 3.70. The third-order valence-electron chi connectivity index (χ3n) is 2.45. The third kappa shape index (κ3) is 4.57. The van der Waals surface area contributed by atoms with Crippen molar-refractivity contribution in [3.05, 3.63) is 41.3 Å². The van der Waals surface area contributed by atoms with Crippen LogP contribution in [-0.4, -0.2) is 6.26 Å². The van der Waals surface area contributed by atoms with E-state index in [-0.39, 0.29) is 0 Å². The molecule has 0 aliphatic carbocycles. The molecule has 1 rings (SSSR count). The first-order chi connectivity index (χ1) is 7.38. The molecule has 0 aliphatic rings. The molecule has 0 atom stereocenters. The lowest BCUT2D eigenvalue weighted by atomic mass is 10.0. The van der Waals surface area contributed by atoms with Crippen molar-refractivity contribution in [1.29, 1.82) is 0 Å². The van der Waals surface area contributed by atoms with Gasteiger partial charge in [-0.2, -0.15) is 0 Å². The van der Waals surface area contributed by atoms with Gasteiger partial charge in [0.15, 0.2) is 0 Å². The second kappa shape index (κ2) is 7.58. The minimum absolute atomic E-state index is 1.21. The molecule has 0 spiro atoms. The van der Waals surface area contributed by atoms with E-state index in [1.54, 1.807) is 11.8 Å². The van der Waals surface area contributed by atoms with Crippen LogP contribution in [0.2, 0.25) is 0 Å². The molecule has 0 N–H and O–H groups in total. The third-order valence-corrected chi connectivity index (χ3v) is 2.97. The van der Waals surface area contributed by atoms with Crippen molar-refractivity contribution < 1.29 is 0 Å². The Kier molecular flexibility index (Phi) is 6.26. The highest BCUT2D eigenvalue weighted by molar-refractivity contribution is 8.01. The van der Waals surface area contributed by atoms with E-state index >= 15 is 0 Å². The molecule has 0 saturated carbocycles. The zero-order valence-corrected chi connectivity index (χ0v) is 10.5. The van der Waals surface area contributed by atoms with Crippen LogP contribution >= 0.6 is 11.8 Å². The molecule has 0 heterocycles. The summed E-state index contributed by atoms with van der Waals surface area (Å²) in [6.07, 6.45) is 7.26. The molecule has 1 heteroatoms. The van der Waals surface area contributed by atoms with Crippen molar-refractivity contribution in [1.82, 2.24) is 0 Å². The van der Waals surface area contributed by atoms with E-state index < -0.39 is 0 Å². The summed E-state index contributed by atoms with van der Waals surface area (Å²) in [5.41, 5.74) is 2.86. The Morgan fingerprint density at radius 1 is 1.20 bits per heavy atom. The first-order valence-electron chi connectivity index (χ1n) is 5.65. The summed E-state index contributed by atoms with van der Waals surface area (Å²) in [6, 6.07) is 10.7. The van der Waals surface area contributed by atoms with E-state index in [0.29, 0.717) is 0 Å². The molecule has 0 nitrogen and oxygen atoms in total. The minimum atomic E-state index is 1.21. The monoisotopic (exact) mass is 220 g/mol. The van der Waals surface area contributed by atoms with Gasteiger partial charge in [-0.1, -0.05) is 50.1 Å². The topological polar surface area (TPSA) is 0 Å². The molecule has 15 heavy (non-hydrogen) atoms. The van der Waals surface area contributed by atoms with Crippen molar-refractivity contribution in [2.45, 2.75) is 32.6 Å². The van der Waals surface area contributed by atoms with Crippen molar-refractivity contribution in [3.8, 4) is 0 Å². The quantitative estimate of drug-likeness (QED) is 0.610. The fraction of sp³-hybridized carbons (Fsp3) is 0.429. The van der Waals surface area contributed by atoms with Gasteiger partial charge in [0.05, 0.1) is 0 Å². The lowest BCUT2D eigenvalue weighted by Gasteiger charge is -2.06. The van der Waals surface area contributed by atoms with Crippen LogP contribution in [0.15, 0.2) is 35.7 Å². The summed E-state index contributed by atoms with van der Waals surface area (Å²) < 4.78 is 0. The van der Waals surface area contributed by atoms with Gasteiger partial charge < -0.3 is 0 Å². The lowest BCUT2D eigenvalue weighted by Crippen LogP contribution is -1.84. The number of thioether (sulfide) groups is 1. The van der Waals surface area contributed by atoms with Crippen molar-refractivity contribution in [2.24, 2.45) is 0 Å². The normalized spacial score (nSPS) is 11.7. The number of unbranched alkanes of at least 4 members (excludes halogenated alkanes) is 2. The molecule has 82 valence electrons. The standard InChI is InChI=1S/C14H20S/c1-3-4-6-11-14(12-15-2)13-9-7-5-8-10-13/h5,7-10,12H,3-4,6,11H2,1-2H3/b14-12-. The number of hydrogen-bond acceptors (Lipinski definition) is 1. The van der Waals surface area contributed by atoms with Gasteiger partial charge in [-0.15, -0.1) is 11.8 Å². The van der Waals surface area contributed by atoms with Crippen LogP contribution in [0.4, 0.5) is 0 Å². The average molecular weight is 220 g/mol. The smallest absolute Gasteiger partial charge is 0.0142 e. The van der Waals surface area contributed by atoms with Gasteiger partial charge in [-0.25, -0.2) is 0 Å². The van der Waals surface area contributed by atoms with Gasteiger partial charge in [0.2, 0.25) is 0 Å². The highest BCUT2D eigenvalue weighted by atomic mass is 32.2. The average Bonchev–Trinajstić information content (AvgIpc) is 2.29. The number of allylic oxidation sites excluding steroid dienone is 1. The number of benzene rings is 1. The van der Waals surface area contributed by atoms with Crippen LogP contribution in [0.5, 0.6) is 0 Å². The van der Waals surface area contributed by atoms with Gasteiger partial charge in [0.25, 0.3) is 0 Å².